The van der Waals surface area contributed by atoms with Gasteiger partial charge < -0.3 is 5.32 Å². The van der Waals surface area contributed by atoms with Gasteiger partial charge in [-0.15, -0.1) is 11.3 Å². The van der Waals surface area contributed by atoms with Crippen molar-refractivity contribution >= 4 is 62.8 Å². The summed E-state index contributed by atoms with van der Waals surface area (Å²) in [4.78, 5) is 1.22. The van der Waals surface area contributed by atoms with Crippen LogP contribution in [0.2, 0.25) is 10.0 Å². The van der Waals surface area contributed by atoms with Crippen LogP contribution >= 0.6 is 57.1 Å². The van der Waals surface area contributed by atoms with E-state index in [2.05, 4.69) is 27.9 Å². The summed E-state index contributed by atoms with van der Waals surface area (Å²) >= 11 is 15.7. The zero-order valence-corrected chi connectivity index (χ0v) is 12.6. The van der Waals surface area contributed by atoms with Crippen LogP contribution < -0.4 is 5.32 Å². The van der Waals surface area contributed by atoms with E-state index in [1.165, 1.54) is 4.88 Å². The summed E-state index contributed by atoms with van der Waals surface area (Å²) in [7, 11) is 0. The van der Waals surface area contributed by atoms with Crippen LogP contribution in [0.15, 0.2) is 29.6 Å². The molecule has 1 heterocycles. The molecule has 0 amide bonds. The highest BCUT2D eigenvalue weighted by atomic mass is 127. The Bertz CT molecular complexity index is 498. The van der Waals surface area contributed by atoms with Gasteiger partial charge in [0.05, 0.1) is 5.02 Å². The van der Waals surface area contributed by atoms with E-state index in [1.807, 2.05) is 29.6 Å². The third kappa shape index (κ3) is 3.26. The van der Waals surface area contributed by atoms with Gasteiger partial charge in [0.2, 0.25) is 0 Å². The molecule has 0 unspecified atom stereocenters. The topological polar surface area (TPSA) is 12.0 Å². The molecular weight excluding hydrogens is 376 g/mol. The van der Waals surface area contributed by atoms with Crippen LogP contribution in [-0.2, 0) is 6.54 Å². The van der Waals surface area contributed by atoms with Crippen molar-refractivity contribution in [3.8, 4) is 0 Å². The quantitative estimate of drug-likeness (QED) is 0.711. The fraction of sp³-hybridized carbons (Fsp3) is 0.0909. The number of anilines is 1. The van der Waals surface area contributed by atoms with Crippen molar-refractivity contribution < 1.29 is 0 Å². The lowest BCUT2D eigenvalue weighted by molar-refractivity contribution is 1.19. The molecule has 16 heavy (non-hydrogen) atoms. The molecule has 2 rings (SSSR count). The van der Waals surface area contributed by atoms with Crippen LogP contribution in [0.4, 0.5) is 5.69 Å². The second-order valence-corrected chi connectivity index (χ2v) is 6.24. The number of thiophene rings is 1. The summed E-state index contributed by atoms with van der Waals surface area (Å²) in [5, 5.41) is 6.85. The van der Waals surface area contributed by atoms with Crippen molar-refractivity contribution in [3.05, 3.63) is 48.1 Å². The Morgan fingerprint density at radius 3 is 2.62 bits per heavy atom. The molecule has 1 N–H and O–H groups in total. The predicted octanol–water partition coefficient (Wildman–Crippen LogP) is 5.27. The zero-order chi connectivity index (χ0) is 11.5. The molecule has 0 saturated carbocycles. The van der Waals surface area contributed by atoms with Crippen molar-refractivity contribution in [1.29, 1.82) is 0 Å². The van der Waals surface area contributed by atoms with E-state index in [-0.39, 0.29) is 0 Å². The highest BCUT2D eigenvalue weighted by Crippen LogP contribution is 2.24. The first-order valence-corrected chi connectivity index (χ1v) is 7.28. The van der Waals surface area contributed by atoms with Gasteiger partial charge in [0.15, 0.2) is 0 Å². The molecule has 1 nitrogen and oxygen atoms in total. The number of halogens is 3. The fourth-order valence-corrected chi connectivity index (χ4v) is 3.34. The lowest BCUT2D eigenvalue weighted by Crippen LogP contribution is -1.98. The summed E-state index contributed by atoms with van der Waals surface area (Å²) < 4.78 is 1.12. The van der Waals surface area contributed by atoms with Crippen LogP contribution in [0.3, 0.4) is 0 Å². The second kappa shape index (κ2) is 5.58. The summed E-state index contributed by atoms with van der Waals surface area (Å²) in [5.41, 5.74) is 1.09. The average molecular weight is 384 g/mol. The van der Waals surface area contributed by atoms with Gasteiger partial charge in [0.1, 0.15) is 0 Å². The van der Waals surface area contributed by atoms with Crippen LogP contribution in [0.5, 0.6) is 0 Å². The van der Waals surface area contributed by atoms with Gasteiger partial charge in [-0.05, 0) is 46.9 Å². The number of nitrogens with one attached hydrogen (secondary N) is 1. The number of hydrogen-bond donors (Lipinski definition) is 1. The SMILES string of the molecule is Clc1csc(CNc2ccc(Cl)cc2I)c1. The molecule has 84 valence electrons. The molecular formula is C11H8Cl2INS. The van der Waals surface area contributed by atoms with Crippen LogP contribution in [0.25, 0.3) is 0 Å². The van der Waals surface area contributed by atoms with Gasteiger partial charge in [-0.2, -0.15) is 0 Å². The Labute approximate surface area is 122 Å². The van der Waals surface area contributed by atoms with E-state index in [9.17, 15) is 0 Å². The molecule has 5 heteroatoms. The molecule has 0 fully saturated rings. The number of benzene rings is 1. The Kier molecular flexibility index (Phi) is 4.35. The number of hydrogen-bond acceptors (Lipinski definition) is 2. The van der Waals surface area contributed by atoms with E-state index in [0.717, 1.165) is 25.8 Å². The maximum atomic E-state index is 5.89. The van der Waals surface area contributed by atoms with E-state index < -0.39 is 0 Å². The molecule has 0 aliphatic carbocycles. The summed E-state index contributed by atoms with van der Waals surface area (Å²) in [6.45, 7) is 0.787. The summed E-state index contributed by atoms with van der Waals surface area (Å²) in [5.74, 6) is 0. The van der Waals surface area contributed by atoms with Crippen molar-refractivity contribution in [2.45, 2.75) is 6.54 Å². The van der Waals surface area contributed by atoms with Gasteiger partial charge in [-0.1, -0.05) is 23.2 Å². The largest absolute Gasteiger partial charge is 0.379 e. The van der Waals surface area contributed by atoms with E-state index in [4.69, 9.17) is 23.2 Å². The minimum atomic E-state index is 0.758. The molecule has 1 aromatic carbocycles. The average Bonchev–Trinajstić information content (AvgIpc) is 2.63. The van der Waals surface area contributed by atoms with Crippen molar-refractivity contribution in [2.24, 2.45) is 0 Å². The first kappa shape index (κ1) is 12.5. The molecule has 0 spiro atoms. The van der Waals surface area contributed by atoms with Gasteiger partial charge in [-0.3, -0.25) is 0 Å². The Balaban J connectivity index is 2.04. The Hall–Kier alpha value is 0.0300. The van der Waals surface area contributed by atoms with E-state index >= 15 is 0 Å². The molecule has 1 aromatic heterocycles. The van der Waals surface area contributed by atoms with E-state index in [0.29, 0.717) is 0 Å². The smallest absolute Gasteiger partial charge is 0.0516 e. The minimum absolute atomic E-state index is 0.758. The van der Waals surface area contributed by atoms with Crippen molar-refractivity contribution in [3.63, 3.8) is 0 Å². The second-order valence-electron chi connectivity index (χ2n) is 3.21. The molecule has 0 radical (unpaired) electrons. The lowest BCUT2D eigenvalue weighted by atomic mass is 10.3. The van der Waals surface area contributed by atoms with E-state index in [1.54, 1.807) is 11.3 Å². The fourth-order valence-electron chi connectivity index (χ4n) is 1.26. The first-order chi connectivity index (χ1) is 7.65. The highest BCUT2D eigenvalue weighted by molar-refractivity contribution is 14.1. The predicted molar refractivity (Wildman–Crippen MR) is 80.8 cm³/mol. The molecule has 0 atom stereocenters. The van der Waals surface area contributed by atoms with Gasteiger partial charge in [0, 0.05) is 31.1 Å². The highest BCUT2D eigenvalue weighted by Gasteiger charge is 2.01. The summed E-state index contributed by atoms with van der Waals surface area (Å²) in [6.07, 6.45) is 0. The summed E-state index contributed by atoms with van der Waals surface area (Å²) in [6, 6.07) is 7.78. The van der Waals surface area contributed by atoms with Gasteiger partial charge in [0.25, 0.3) is 0 Å². The molecule has 0 saturated heterocycles. The lowest BCUT2D eigenvalue weighted by Gasteiger charge is -2.07. The Morgan fingerprint density at radius 1 is 1.19 bits per heavy atom. The minimum Gasteiger partial charge on any atom is -0.379 e. The third-order valence-corrected chi connectivity index (χ3v) is 4.42. The van der Waals surface area contributed by atoms with Crippen LogP contribution in [0.1, 0.15) is 4.88 Å². The third-order valence-electron chi connectivity index (χ3n) is 2.01. The molecule has 0 aliphatic rings. The molecule has 0 aliphatic heterocycles. The maximum Gasteiger partial charge on any atom is 0.0516 e. The van der Waals surface area contributed by atoms with Crippen molar-refractivity contribution in [1.82, 2.24) is 0 Å². The van der Waals surface area contributed by atoms with Crippen molar-refractivity contribution in [2.75, 3.05) is 5.32 Å². The van der Waals surface area contributed by atoms with Gasteiger partial charge >= 0.3 is 0 Å². The molecule has 0 bridgehead atoms. The Morgan fingerprint density at radius 2 is 2.00 bits per heavy atom. The number of rotatable bonds is 3. The van der Waals surface area contributed by atoms with Crippen LogP contribution in [0, 0.1) is 3.57 Å². The van der Waals surface area contributed by atoms with Gasteiger partial charge in [-0.25, -0.2) is 0 Å². The monoisotopic (exact) mass is 383 g/mol. The van der Waals surface area contributed by atoms with Crippen LogP contribution in [-0.4, -0.2) is 0 Å². The molecule has 2 aromatic rings. The standard InChI is InChI=1S/C11H8Cl2INS/c12-7-1-2-11(10(14)4-7)15-5-9-3-8(13)6-16-9/h1-4,6,15H,5H2. The normalized spacial score (nSPS) is 10.4. The zero-order valence-electron chi connectivity index (χ0n) is 8.14. The maximum absolute atomic E-state index is 5.89. The first-order valence-electron chi connectivity index (χ1n) is 4.57.